The first-order chi connectivity index (χ1) is 11.5. The molecule has 0 aliphatic carbocycles. The standard InChI is InChI=1S/C16H10BrFN4O2/c1-3-8-7-22(14-9(18)5-4-6-20-14)15-10(8)11(17)12(19)13(21-15)16(23)24-2/h1,4-7H,19H2,2H3. The van der Waals surface area contributed by atoms with E-state index in [0.29, 0.717) is 15.4 Å². The Morgan fingerprint density at radius 2 is 2.29 bits per heavy atom. The molecule has 3 aromatic heterocycles. The lowest BCUT2D eigenvalue weighted by molar-refractivity contribution is 0.0595. The maximum Gasteiger partial charge on any atom is 0.358 e. The van der Waals surface area contributed by atoms with Crippen LogP contribution in [0.1, 0.15) is 16.1 Å². The molecule has 0 aromatic carbocycles. The number of ether oxygens (including phenoxy) is 1. The van der Waals surface area contributed by atoms with E-state index in [9.17, 15) is 9.18 Å². The zero-order valence-corrected chi connectivity index (χ0v) is 14.0. The molecule has 0 saturated carbocycles. The number of rotatable bonds is 2. The fourth-order valence-corrected chi connectivity index (χ4v) is 2.88. The van der Waals surface area contributed by atoms with Gasteiger partial charge in [-0.2, -0.15) is 0 Å². The number of aromatic nitrogens is 3. The second-order valence-corrected chi connectivity index (χ2v) is 5.54. The molecule has 120 valence electrons. The molecule has 6 nitrogen and oxygen atoms in total. The highest BCUT2D eigenvalue weighted by atomic mass is 79.9. The summed E-state index contributed by atoms with van der Waals surface area (Å²) in [5, 5.41) is 0.479. The number of nitrogens with zero attached hydrogens (tertiary/aromatic N) is 3. The fraction of sp³-hybridized carbons (Fsp3) is 0.0625. The van der Waals surface area contributed by atoms with Crippen LogP contribution in [0.2, 0.25) is 0 Å². The summed E-state index contributed by atoms with van der Waals surface area (Å²) >= 11 is 3.33. The van der Waals surface area contributed by atoms with Crippen LogP contribution in [-0.2, 0) is 4.74 Å². The highest BCUT2D eigenvalue weighted by Gasteiger charge is 2.23. The van der Waals surface area contributed by atoms with Crippen molar-refractivity contribution < 1.29 is 13.9 Å². The predicted molar refractivity (Wildman–Crippen MR) is 90.2 cm³/mol. The van der Waals surface area contributed by atoms with E-state index in [1.165, 1.54) is 36.2 Å². The van der Waals surface area contributed by atoms with Crippen molar-refractivity contribution in [2.24, 2.45) is 0 Å². The Morgan fingerprint density at radius 1 is 1.54 bits per heavy atom. The monoisotopic (exact) mass is 388 g/mol. The fourth-order valence-electron chi connectivity index (χ4n) is 2.30. The van der Waals surface area contributed by atoms with E-state index in [1.54, 1.807) is 0 Å². The number of terminal acetylenes is 1. The van der Waals surface area contributed by atoms with Crippen LogP contribution in [-0.4, -0.2) is 27.6 Å². The van der Waals surface area contributed by atoms with E-state index in [0.717, 1.165) is 0 Å². The van der Waals surface area contributed by atoms with Gasteiger partial charge < -0.3 is 10.5 Å². The Bertz CT molecular complexity index is 1020. The molecule has 3 rings (SSSR count). The van der Waals surface area contributed by atoms with Crippen molar-refractivity contribution in [3.05, 3.63) is 46.1 Å². The molecule has 3 aromatic rings. The van der Waals surface area contributed by atoms with E-state index in [4.69, 9.17) is 12.2 Å². The first-order valence-corrected chi connectivity index (χ1v) is 7.44. The van der Waals surface area contributed by atoms with Gasteiger partial charge in [0.15, 0.2) is 17.3 Å². The molecular formula is C16H10BrFN4O2. The largest absolute Gasteiger partial charge is 0.464 e. The van der Waals surface area contributed by atoms with Gasteiger partial charge >= 0.3 is 5.97 Å². The van der Waals surface area contributed by atoms with Crippen molar-refractivity contribution in [2.45, 2.75) is 0 Å². The summed E-state index contributed by atoms with van der Waals surface area (Å²) in [5.41, 5.74) is 6.60. The molecule has 0 spiro atoms. The number of hydrogen-bond acceptors (Lipinski definition) is 5. The molecule has 0 aliphatic rings. The SMILES string of the molecule is C#Cc1cn(-c2ncccc2F)c2nc(C(=O)OC)c(N)c(Br)c12. The van der Waals surface area contributed by atoms with Crippen LogP contribution >= 0.6 is 15.9 Å². The summed E-state index contributed by atoms with van der Waals surface area (Å²) in [6.07, 6.45) is 8.48. The van der Waals surface area contributed by atoms with Crippen LogP contribution in [0, 0.1) is 18.2 Å². The summed E-state index contributed by atoms with van der Waals surface area (Å²) in [6, 6.07) is 2.73. The van der Waals surface area contributed by atoms with Crippen LogP contribution in [0.4, 0.5) is 10.1 Å². The molecule has 3 heterocycles. The zero-order chi connectivity index (χ0) is 17.4. The van der Waals surface area contributed by atoms with Gasteiger partial charge in [0.2, 0.25) is 0 Å². The maximum atomic E-state index is 14.1. The molecule has 8 heteroatoms. The molecule has 0 unspecified atom stereocenters. The molecule has 0 atom stereocenters. The van der Waals surface area contributed by atoms with Gasteiger partial charge in [0.1, 0.15) is 5.65 Å². The van der Waals surface area contributed by atoms with Crippen LogP contribution < -0.4 is 5.73 Å². The number of pyridine rings is 2. The number of nitrogens with two attached hydrogens (primary N) is 1. The number of esters is 1. The van der Waals surface area contributed by atoms with Crippen molar-refractivity contribution in [1.82, 2.24) is 14.5 Å². The minimum Gasteiger partial charge on any atom is -0.464 e. The molecule has 24 heavy (non-hydrogen) atoms. The predicted octanol–water partition coefficient (Wildman–Crippen LogP) is 2.67. The van der Waals surface area contributed by atoms with Gasteiger partial charge in [-0.1, -0.05) is 5.92 Å². The maximum absolute atomic E-state index is 14.1. The van der Waals surface area contributed by atoms with Crippen LogP contribution in [0.15, 0.2) is 29.0 Å². The van der Waals surface area contributed by atoms with E-state index in [2.05, 4.69) is 36.6 Å². The lowest BCUT2D eigenvalue weighted by Crippen LogP contribution is -2.10. The number of carbonyl (C=O) groups excluding carboxylic acids is 1. The summed E-state index contributed by atoms with van der Waals surface area (Å²) in [7, 11) is 1.21. The van der Waals surface area contributed by atoms with Gasteiger partial charge in [0, 0.05) is 12.4 Å². The average molecular weight is 389 g/mol. The normalized spacial score (nSPS) is 10.6. The molecule has 0 fully saturated rings. The van der Waals surface area contributed by atoms with E-state index in [1.807, 2.05) is 0 Å². The van der Waals surface area contributed by atoms with Crippen LogP contribution in [0.25, 0.3) is 16.9 Å². The van der Waals surface area contributed by atoms with E-state index < -0.39 is 11.8 Å². The molecule has 0 bridgehead atoms. The highest BCUT2D eigenvalue weighted by molar-refractivity contribution is 9.10. The smallest absolute Gasteiger partial charge is 0.358 e. The van der Waals surface area contributed by atoms with Crippen LogP contribution in [0.3, 0.4) is 0 Å². The number of halogens is 2. The minimum absolute atomic E-state index is 0.00369. The average Bonchev–Trinajstić information content (AvgIpc) is 2.96. The Hall–Kier alpha value is -2.92. The second-order valence-electron chi connectivity index (χ2n) is 4.74. The van der Waals surface area contributed by atoms with Gasteiger partial charge in [-0.05, 0) is 28.1 Å². The molecular weight excluding hydrogens is 379 g/mol. The second kappa shape index (κ2) is 5.94. The van der Waals surface area contributed by atoms with Gasteiger partial charge in [0.05, 0.1) is 28.2 Å². The zero-order valence-electron chi connectivity index (χ0n) is 12.4. The Labute approximate surface area is 144 Å². The Morgan fingerprint density at radius 3 is 2.92 bits per heavy atom. The summed E-state index contributed by atoms with van der Waals surface area (Å²) in [5.74, 6) is 1.22. The number of carbonyl (C=O) groups is 1. The lowest BCUT2D eigenvalue weighted by atomic mass is 10.2. The summed E-state index contributed by atoms with van der Waals surface area (Å²) in [4.78, 5) is 20.1. The van der Waals surface area contributed by atoms with Gasteiger partial charge in [-0.25, -0.2) is 19.2 Å². The third-order valence-corrected chi connectivity index (χ3v) is 4.23. The van der Waals surface area contributed by atoms with Crippen molar-refractivity contribution in [1.29, 1.82) is 0 Å². The first-order valence-electron chi connectivity index (χ1n) is 6.65. The third kappa shape index (κ3) is 2.30. The molecule has 0 amide bonds. The summed E-state index contributed by atoms with van der Waals surface area (Å²) < 4.78 is 20.6. The van der Waals surface area contributed by atoms with Crippen molar-refractivity contribution in [2.75, 3.05) is 12.8 Å². The van der Waals surface area contributed by atoms with Gasteiger partial charge in [-0.3, -0.25) is 4.57 Å². The van der Waals surface area contributed by atoms with E-state index in [-0.39, 0.29) is 22.8 Å². The number of fused-ring (bicyclic) bond motifs is 1. The molecule has 0 saturated heterocycles. The topological polar surface area (TPSA) is 83.0 Å². The van der Waals surface area contributed by atoms with Crippen LogP contribution in [0.5, 0.6) is 0 Å². The quantitative estimate of drug-likeness (QED) is 0.538. The number of hydrogen-bond donors (Lipinski definition) is 1. The molecule has 2 N–H and O–H groups in total. The van der Waals surface area contributed by atoms with Crippen molar-refractivity contribution in [3.8, 4) is 18.2 Å². The van der Waals surface area contributed by atoms with Crippen molar-refractivity contribution in [3.63, 3.8) is 0 Å². The van der Waals surface area contributed by atoms with Gasteiger partial charge in [-0.15, -0.1) is 6.42 Å². The third-order valence-electron chi connectivity index (χ3n) is 3.41. The van der Waals surface area contributed by atoms with Crippen molar-refractivity contribution >= 4 is 38.6 Å². The number of methoxy groups -OCH3 is 1. The first kappa shape index (κ1) is 16.0. The van der Waals surface area contributed by atoms with Gasteiger partial charge in [0.25, 0.3) is 0 Å². The lowest BCUT2D eigenvalue weighted by Gasteiger charge is -2.09. The Kier molecular flexibility index (Phi) is 3.95. The highest BCUT2D eigenvalue weighted by Crippen LogP contribution is 2.35. The Balaban J connectivity index is 2.45. The molecule has 0 radical (unpaired) electrons. The number of nitrogen functional groups attached to an aromatic ring is 1. The number of anilines is 1. The minimum atomic E-state index is -0.716. The molecule has 0 aliphatic heterocycles. The summed E-state index contributed by atoms with van der Waals surface area (Å²) in [6.45, 7) is 0. The van der Waals surface area contributed by atoms with E-state index >= 15 is 0 Å².